The van der Waals surface area contributed by atoms with Gasteiger partial charge in [-0.25, -0.2) is 4.98 Å². The van der Waals surface area contributed by atoms with E-state index in [1.807, 2.05) is 0 Å². The van der Waals surface area contributed by atoms with Crippen LogP contribution in [0.5, 0.6) is 0 Å². The average Bonchev–Trinajstić information content (AvgIpc) is 2.97. The number of benzene rings is 1. The smallest absolute Gasteiger partial charge is 0.312 e. The molecule has 0 aliphatic heterocycles. The summed E-state index contributed by atoms with van der Waals surface area (Å²) in [5.74, 6) is -1.18. The summed E-state index contributed by atoms with van der Waals surface area (Å²) < 4.78 is 0. The van der Waals surface area contributed by atoms with E-state index in [4.69, 9.17) is 5.11 Å². The standard InChI is InChI=1S/C15H16N2O2S/c1-9-2-4-10(5-3-9)8-16-15-17-13-11(14(18)19)6-7-12(13)20-15/h2-5,11H,6-8H2,1H3,(H,16,17)(H,18,19). The van der Waals surface area contributed by atoms with Crippen molar-refractivity contribution in [2.45, 2.75) is 32.2 Å². The van der Waals surface area contributed by atoms with Crippen LogP contribution in [0.1, 0.15) is 34.0 Å². The van der Waals surface area contributed by atoms with Crippen molar-refractivity contribution in [3.8, 4) is 0 Å². The summed E-state index contributed by atoms with van der Waals surface area (Å²) in [6.45, 7) is 2.78. The molecule has 4 nitrogen and oxygen atoms in total. The van der Waals surface area contributed by atoms with Gasteiger partial charge in [0.1, 0.15) is 5.92 Å². The molecular weight excluding hydrogens is 272 g/mol. The van der Waals surface area contributed by atoms with Crippen LogP contribution in [0.25, 0.3) is 0 Å². The quantitative estimate of drug-likeness (QED) is 0.907. The number of carboxylic acids is 1. The van der Waals surface area contributed by atoms with E-state index in [9.17, 15) is 4.79 Å². The number of carboxylic acid groups (broad SMARTS) is 1. The molecule has 2 aromatic rings. The Kier molecular flexibility index (Phi) is 3.44. The van der Waals surface area contributed by atoms with Crippen LogP contribution in [-0.2, 0) is 17.8 Å². The van der Waals surface area contributed by atoms with Gasteiger partial charge < -0.3 is 10.4 Å². The molecule has 5 heteroatoms. The lowest BCUT2D eigenvalue weighted by Gasteiger charge is -2.04. The zero-order valence-corrected chi connectivity index (χ0v) is 12.0. The third-order valence-electron chi connectivity index (χ3n) is 3.58. The number of anilines is 1. The van der Waals surface area contributed by atoms with E-state index in [1.54, 1.807) is 11.3 Å². The molecule has 104 valence electrons. The minimum absolute atomic E-state index is 0.420. The number of nitrogens with one attached hydrogen (secondary N) is 1. The predicted octanol–water partition coefficient (Wildman–Crippen LogP) is 3.18. The van der Waals surface area contributed by atoms with Crippen molar-refractivity contribution in [3.05, 3.63) is 46.0 Å². The van der Waals surface area contributed by atoms with Crippen molar-refractivity contribution < 1.29 is 9.90 Å². The summed E-state index contributed by atoms with van der Waals surface area (Å²) in [6.07, 6.45) is 1.51. The van der Waals surface area contributed by atoms with E-state index < -0.39 is 11.9 Å². The molecule has 1 aliphatic rings. The molecule has 1 aromatic heterocycles. The van der Waals surface area contributed by atoms with Gasteiger partial charge in [0.05, 0.1) is 5.69 Å². The summed E-state index contributed by atoms with van der Waals surface area (Å²) in [7, 11) is 0. The predicted molar refractivity (Wildman–Crippen MR) is 79.3 cm³/mol. The SMILES string of the molecule is Cc1ccc(CNc2nc3c(s2)CCC3C(=O)O)cc1. The molecule has 1 aromatic carbocycles. The van der Waals surface area contributed by atoms with Crippen molar-refractivity contribution >= 4 is 22.4 Å². The molecule has 1 atom stereocenters. The van der Waals surface area contributed by atoms with Crippen LogP contribution < -0.4 is 5.32 Å². The van der Waals surface area contributed by atoms with Gasteiger partial charge in [0.15, 0.2) is 5.13 Å². The molecule has 1 aliphatic carbocycles. The molecule has 1 heterocycles. The van der Waals surface area contributed by atoms with Crippen LogP contribution in [0, 0.1) is 6.92 Å². The van der Waals surface area contributed by atoms with Gasteiger partial charge in [-0.1, -0.05) is 29.8 Å². The van der Waals surface area contributed by atoms with Gasteiger partial charge in [-0.05, 0) is 25.3 Å². The lowest BCUT2D eigenvalue weighted by Crippen LogP contribution is -2.09. The van der Waals surface area contributed by atoms with Crippen LogP contribution in [0.3, 0.4) is 0 Å². The lowest BCUT2D eigenvalue weighted by atomic mass is 10.1. The van der Waals surface area contributed by atoms with E-state index in [1.165, 1.54) is 11.1 Å². The van der Waals surface area contributed by atoms with Crippen molar-refractivity contribution in [2.75, 3.05) is 5.32 Å². The summed E-state index contributed by atoms with van der Waals surface area (Å²) >= 11 is 1.58. The van der Waals surface area contributed by atoms with Gasteiger partial charge >= 0.3 is 5.97 Å². The second kappa shape index (κ2) is 5.25. The number of hydrogen-bond acceptors (Lipinski definition) is 4. The fourth-order valence-electron chi connectivity index (χ4n) is 2.43. The van der Waals surface area contributed by atoms with Crippen LogP contribution in [-0.4, -0.2) is 16.1 Å². The monoisotopic (exact) mass is 288 g/mol. The van der Waals surface area contributed by atoms with Crippen LogP contribution in [0.15, 0.2) is 24.3 Å². The molecule has 0 amide bonds. The fraction of sp³-hybridized carbons (Fsp3) is 0.333. The zero-order chi connectivity index (χ0) is 14.1. The fourth-order valence-corrected chi connectivity index (χ4v) is 3.46. The van der Waals surface area contributed by atoms with Crippen molar-refractivity contribution in [1.82, 2.24) is 4.98 Å². The Morgan fingerprint density at radius 3 is 2.90 bits per heavy atom. The summed E-state index contributed by atoms with van der Waals surface area (Å²) in [5.41, 5.74) is 3.20. The summed E-state index contributed by atoms with van der Waals surface area (Å²) in [4.78, 5) is 16.7. The Balaban J connectivity index is 1.69. The first-order valence-electron chi connectivity index (χ1n) is 6.65. The van der Waals surface area contributed by atoms with Crippen LogP contribution >= 0.6 is 11.3 Å². The largest absolute Gasteiger partial charge is 0.481 e. The minimum atomic E-state index is -0.765. The summed E-state index contributed by atoms with van der Waals surface area (Å²) in [6, 6.07) is 8.34. The average molecular weight is 288 g/mol. The number of aliphatic carboxylic acids is 1. The Morgan fingerprint density at radius 1 is 1.45 bits per heavy atom. The van der Waals surface area contributed by atoms with Gasteiger partial charge in [0, 0.05) is 11.4 Å². The van der Waals surface area contributed by atoms with Crippen LogP contribution in [0.4, 0.5) is 5.13 Å². The molecule has 0 bridgehead atoms. The third kappa shape index (κ3) is 2.54. The van der Waals surface area contributed by atoms with E-state index >= 15 is 0 Å². The number of thiazole rings is 1. The second-order valence-corrected chi connectivity index (χ2v) is 6.18. The topological polar surface area (TPSA) is 62.2 Å². The van der Waals surface area contributed by atoms with Crippen molar-refractivity contribution in [2.24, 2.45) is 0 Å². The Hall–Kier alpha value is -1.88. The highest BCUT2D eigenvalue weighted by Gasteiger charge is 2.32. The summed E-state index contributed by atoms with van der Waals surface area (Å²) in [5, 5.41) is 13.3. The minimum Gasteiger partial charge on any atom is -0.481 e. The zero-order valence-electron chi connectivity index (χ0n) is 11.2. The van der Waals surface area contributed by atoms with E-state index in [-0.39, 0.29) is 0 Å². The highest BCUT2D eigenvalue weighted by molar-refractivity contribution is 7.15. The molecule has 2 N–H and O–H groups in total. The maximum atomic E-state index is 11.1. The van der Waals surface area contributed by atoms with Crippen molar-refractivity contribution in [3.63, 3.8) is 0 Å². The maximum absolute atomic E-state index is 11.1. The molecule has 0 saturated carbocycles. The number of rotatable bonds is 4. The van der Waals surface area contributed by atoms with E-state index in [0.29, 0.717) is 13.0 Å². The maximum Gasteiger partial charge on any atom is 0.312 e. The number of fused-ring (bicyclic) bond motifs is 1. The molecule has 3 rings (SSSR count). The first kappa shape index (κ1) is 13.1. The van der Waals surface area contributed by atoms with Gasteiger partial charge in [-0.15, -0.1) is 11.3 Å². The highest BCUT2D eigenvalue weighted by Crippen LogP contribution is 2.38. The van der Waals surface area contributed by atoms with Gasteiger partial charge in [-0.2, -0.15) is 0 Å². The molecule has 0 radical (unpaired) electrons. The van der Waals surface area contributed by atoms with Crippen LogP contribution in [0.2, 0.25) is 0 Å². The van der Waals surface area contributed by atoms with E-state index in [2.05, 4.69) is 41.5 Å². The van der Waals surface area contributed by atoms with Gasteiger partial charge in [0.2, 0.25) is 0 Å². The molecule has 0 spiro atoms. The number of hydrogen-bond donors (Lipinski definition) is 2. The molecule has 1 unspecified atom stereocenters. The van der Waals surface area contributed by atoms with Gasteiger partial charge in [0.25, 0.3) is 0 Å². The number of nitrogens with zero attached hydrogens (tertiary/aromatic N) is 1. The Bertz CT molecular complexity index is 634. The second-order valence-electron chi connectivity index (χ2n) is 5.10. The number of aromatic nitrogens is 1. The Labute approximate surface area is 121 Å². The highest BCUT2D eigenvalue weighted by atomic mass is 32.1. The number of aryl methyl sites for hydroxylation is 2. The Morgan fingerprint density at radius 2 is 2.20 bits per heavy atom. The van der Waals surface area contributed by atoms with Crippen molar-refractivity contribution in [1.29, 1.82) is 0 Å². The normalized spacial score (nSPS) is 16.9. The van der Waals surface area contributed by atoms with E-state index in [0.717, 1.165) is 22.1 Å². The number of carbonyl (C=O) groups is 1. The lowest BCUT2D eigenvalue weighted by molar-refractivity contribution is -0.138. The molecular formula is C15H16N2O2S. The molecule has 0 saturated heterocycles. The van der Waals surface area contributed by atoms with Gasteiger partial charge in [-0.3, -0.25) is 4.79 Å². The molecule has 20 heavy (non-hydrogen) atoms. The first-order chi connectivity index (χ1) is 9.63. The first-order valence-corrected chi connectivity index (χ1v) is 7.47. The third-order valence-corrected chi connectivity index (χ3v) is 4.67. The molecule has 0 fully saturated rings.